The predicted octanol–water partition coefficient (Wildman–Crippen LogP) is 3.96. The molecule has 1 heterocycles. The number of nitrogens with one attached hydrogen (secondary N) is 2. The van der Waals surface area contributed by atoms with Gasteiger partial charge in [-0.2, -0.15) is 13.2 Å². The summed E-state index contributed by atoms with van der Waals surface area (Å²) in [7, 11) is 0. The summed E-state index contributed by atoms with van der Waals surface area (Å²) in [5.41, 5.74) is -0.244. The topological polar surface area (TPSA) is 53.6 Å². The van der Waals surface area contributed by atoms with Crippen LogP contribution < -0.4 is 10.6 Å². The van der Waals surface area contributed by atoms with Crippen molar-refractivity contribution in [2.24, 2.45) is 0 Å². The molecule has 0 aromatic heterocycles. The van der Waals surface area contributed by atoms with Gasteiger partial charge in [0.1, 0.15) is 6.04 Å². The van der Waals surface area contributed by atoms with E-state index >= 15 is 0 Å². The molecule has 5 nitrogen and oxygen atoms in total. The zero-order chi connectivity index (χ0) is 21.6. The minimum Gasteiger partial charge on any atom is -0.379 e. The standard InChI is InChI=1S/C21H23ClF3N3O2/c22-17-7-6-16(21(23,24)25)14-18(17)27-20(29)19(15-4-2-1-3-5-15)26-8-9-28-10-12-30-13-11-28/h1-7,14,19,26H,8-13H2,(H,27,29). The largest absolute Gasteiger partial charge is 0.416 e. The van der Waals surface area contributed by atoms with Gasteiger partial charge in [0, 0.05) is 26.2 Å². The van der Waals surface area contributed by atoms with Crippen molar-refractivity contribution in [2.45, 2.75) is 12.2 Å². The zero-order valence-corrected chi connectivity index (χ0v) is 17.0. The van der Waals surface area contributed by atoms with Gasteiger partial charge in [0.2, 0.25) is 5.91 Å². The van der Waals surface area contributed by atoms with Crippen molar-refractivity contribution in [2.75, 3.05) is 44.7 Å². The Hall–Kier alpha value is -2.13. The van der Waals surface area contributed by atoms with Crippen molar-refractivity contribution in [3.8, 4) is 0 Å². The summed E-state index contributed by atoms with van der Waals surface area (Å²) in [5.74, 6) is -0.482. The third-order valence-electron chi connectivity index (χ3n) is 4.83. The van der Waals surface area contributed by atoms with Gasteiger partial charge < -0.3 is 15.4 Å². The number of alkyl halides is 3. The van der Waals surface area contributed by atoms with Crippen molar-refractivity contribution in [3.63, 3.8) is 0 Å². The Morgan fingerprint density at radius 1 is 1.13 bits per heavy atom. The van der Waals surface area contributed by atoms with Crippen molar-refractivity contribution in [3.05, 3.63) is 64.7 Å². The van der Waals surface area contributed by atoms with E-state index in [-0.39, 0.29) is 10.7 Å². The first-order chi connectivity index (χ1) is 14.3. The highest BCUT2D eigenvalue weighted by Gasteiger charge is 2.31. The first kappa shape index (κ1) is 22.6. The van der Waals surface area contributed by atoms with Gasteiger partial charge in [-0.15, -0.1) is 0 Å². The minimum atomic E-state index is -4.53. The van der Waals surface area contributed by atoms with Crippen molar-refractivity contribution in [1.82, 2.24) is 10.2 Å². The number of carbonyl (C=O) groups excluding carboxylic acids is 1. The second-order valence-electron chi connectivity index (χ2n) is 6.93. The van der Waals surface area contributed by atoms with Crippen molar-refractivity contribution in [1.29, 1.82) is 0 Å². The molecule has 2 N–H and O–H groups in total. The molecule has 1 unspecified atom stereocenters. The molecule has 2 aromatic rings. The maximum Gasteiger partial charge on any atom is 0.416 e. The van der Waals surface area contributed by atoms with Gasteiger partial charge in [-0.3, -0.25) is 9.69 Å². The van der Waals surface area contributed by atoms with Gasteiger partial charge in [0.25, 0.3) is 0 Å². The first-order valence-corrected chi connectivity index (χ1v) is 9.98. The van der Waals surface area contributed by atoms with Crippen LogP contribution in [0.5, 0.6) is 0 Å². The quantitative estimate of drug-likeness (QED) is 0.683. The number of morpholine rings is 1. The van der Waals surface area contributed by atoms with E-state index < -0.39 is 23.7 Å². The smallest absolute Gasteiger partial charge is 0.379 e. The fourth-order valence-corrected chi connectivity index (χ4v) is 3.37. The molecule has 3 rings (SSSR count). The normalized spacial score (nSPS) is 16.3. The van der Waals surface area contributed by atoms with Crippen LogP contribution in [0.25, 0.3) is 0 Å². The summed E-state index contributed by atoms with van der Waals surface area (Å²) in [5, 5.41) is 5.79. The van der Waals surface area contributed by atoms with E-state index in [9.17, 15) is 18.0 Å². The number of amides is 1. The third kappa shape index (κ3) is 6.18. The number of ether oxygens (including phenoxy) is 1. The lowest BCUT2D eigenvalue weighted by atomic mass is 10.1. The summed E-state index contributed by atoms with van der Waals surface area (Å²) in [4.78, 5) is 15.2. The minimum absolute atomic E-state index is 0.0384. The fourth-order valence-electron chi connectivity index (χ4n) is 3.20. The summed E-state index contributed by atoms with van der Waals surface area (Å²) >= 11 is 6.03. The van der Waals surface area contributed by atoms with Crippen LogP contribution in [-0.4, -0.2) is 50.2 Å². The van der Waals surface area contributed by atoms with E-state index in [0.717, 1.165) is 37.8 Å². The lowest BCUT2D eigenvalue weighted by Crippen LogP contribution is -2.42. The van der Waals surface area contributed by atoms with E-state index in [2.05, 4.69) is 15.5 Å². The Balaban J connectivity index is 1.72. The van der Waals surface area contributed by atoms with E-state index in [1.807, 2.05) is 6.07 Å². The van der Waals surface area contributed by atoms with Crippen LogP contribution in [0.2, 0.25) is 5.02 Å². The van der Waals surface area contributed by atoms with Crippen LogP contribution in [-0.2, 0) is 15.7 Å². The van der Waals surface area contributed by atoms with Gasteiger partial charge in [-0.05, 0) is 23.8 Å². The molecule has 0 spiro atoms. The van der Waals surface area contributed by atoms with Crippen LogP contribution in [0.4, 0.5) is 18.9 Å². The van der Waals surface area contributed by atoms with Crippen LogP contribution in [0.3, 0.4) is 0 Å². The second kappa shape index (κ2) is 10.3. The third-order valence-corrected chi connectivity index (χ3v) is 5.16. The summed E-state index contributed by atoms with van der Waals surface area (Å²) in [6, 6.07) is 11.1. The summed E-state index contributed by atoms with van der Waals surface area (Å²) in [6.45, 7) is 4.26. The molecule has 2 aromatic carbocycles. The van der Waals surface area contributed by atoms with Gasteiger partial charge in [0.05, 0.1) is 29.5 Å². The SMILES string of the molecule is O=C(Nc1cc(C(F)(F)F)ccc1Cl)C(NCCN1CCOCC1)c1ccccc1. The number of nitrogens with zero attached hydrogens (tertiary/aromatic N) is 1. The maximum absolute atomic E-state index is 13.0. The number of rotatable bonds is 7. The summed E-state index contributed by atoms with van der Waals surface area (Å²) in [6.07, 6.45) is -4.53. The van der Waals surface area contributed by atoms with Crippen LogP contribution in [0, 0.1) is 0 Å². The average Bonchev–Trinajstić information content (AvgIpc) is 2.73. The highest BCUT2D eigenvalue weighted by molar-refractivity contribution is 6.33. The Morgan fingerprint density at radius 2 is 1.83 bits per heavy atom. The summed E-state index contributed by atoms with van der Waals surface area (Å²) < 4.78 is 44.4. The Bertz CT molecular complexity index is 843. The molecule has 0 aliphatic carbocycles. The Morgan fingerprint density at radius 3 is 2.50 bits per heavy atom. The molecule has 1 aliphatic heterocycles. The van der Waals surface area contributed by atoms with E-state index in [4.69, 9.17) is 16.3 Å². The highest BCUT2D eigenvalue weighted by Crippen LogP contribution is 2.34. The van der Waals surface area contributed by atoms with Crippen molar-refractivity contribution >= 4 is 23.2 Å². The predicted molar refractivity (Wildman–Crippen MR) is 110 cm³/mol. The van der Waals surface area contributed by atoms with E-state index in [0.29, 0.717) is 25.3 Å². The van der Waals surface area contributed by atoms with E-state index in [1.54, 1.807) is 24.3 Å². The van der Waals surface area contributed by atoms with E-state index in [1.165, 1.54) is 0 Å². The first-order valence-electron chi connectivity index (χ1n) is 9.60. The molecular weight excluding hydrogens is 419 g/mol. The highest BCUT2D eigenvalue weighted by atomic mass is 35.5. The zero-order valence-electron chi connectivity index (χ0n) is 16.2. The number of benzene rings is 2. The van der Waals surface area contributed by atoms with Gasteiger partial charge >= 0.3 is 6.18 Å². The number of anilines is 1. The molecule has 162 valence electrons. The van der Waals surface area contributed by atoms with Gasteiger partial charge in [-0.1, -0.05) is 41.9 Å². The Labute approximate surface area is 178 Å². The number of carbonyl (C=O) groups is 1. The monoisotopic (exact) mass is 441 g/mol. The van der Waals surface area contributed by atoms with Crippen LogP contribution in [0.15, 0.2) is 48.5 Å². The number of halogens is 4. The molecule has 1 aliphatic rings. The second-order valence-corrected chi connectivity index (χ2v) is 7.34. The molecule has 1 atom stereocenters. The number of hydrogen-bond donors (Lipinski definition) is 2. The molecule has 1 fully saturated rings. The lowest BCUT2D eigenvalue weighted by molar-refractivity contribution is -0.137. The average molecular weight is 442 g/mol. The lowest BCUT2D eigenvalue weighted by Gasteiger charge is -2.27. The molecule has 30 heavy (non-hydrogen) atoms. The van der Waals surface area contributed by atoms with Crippen LogP contribution in [0.1, 0.15) is 17.2 Å². The fraction of sp³-hybridized carbons (Fsp3) is 0.381. The molecule has 0 saturated carbocycles. The number of hydrogen-bond acceptors (Lipinski definition) is 4. The molecular formula is C21H23ClF3N3O2. The molecule has 1 amide bonds. The maximum atomic E-state index is 13.0. The molecule has 1 saturated heterocycles. The van der Waals surface area contributed by atoms with Crippen molar-refractivity contribution < 1.29 is 22.7 Å². The molecule has 0 bridgehead atoms. The Kier molecular flexibility index (Phi) is 7.71. The van der Waals surface area contributed by atoms with Gasteiger partial charge in [-0.25, -0.2) is 0 Å². The molecule has 9 heteroatoms. The van der Waals surface area contributed by atoms with Gasteiger partial charge in [0.15, 0.2) is 0 Å². The van der Waals surface area contributed by atoms with Crippen LogP contribution >= 0.6 is 11.6 Å². The molecule has 0 radical (unpaired) electrons.